The molecule has 0 spiro atoms. The molecule has 1 saturated carbocycles. The third-order valence-electron chi connectivity index (χ3n) is 4.48. The average Bonchev–Trinajstić information content (AvgIpc) is 3.36. The van der Waals surface area contributed by atoms with Gasteiger partial charge in [0.2, 0.25) is 5.91 Å². The molecule has 4 nitrogen and oxygen atoms in total. The zero-order valence-corrected chi connectivity index (χ0v) is 14.7. The van der Waals surface area contributed by atoms with Crippen molar-refractivity contribution in [3.05, 3.63) is 23.8 Å². The summed E-state index contributed by atoms with van der Waals surface area (Å²) in [5.41, 5.74) is 1.17. The monoisotopic (exact) mass is 319 g/mol. The van der Waals surface area contributed by atoms with Crippen molar-refractivity contribution in [3.63, 3.8) is 0 Å². The largest absolute Gasteiger partial charge is 0.493 e. The molecule has 2 rings (SSSR count). The van der Waals surface area contributed by atoms with Gasteiger partial charge in [-0.15, -0.1) is 0 Å². The Morgan fingerprint density at radius 1 is 1.22 bits per heavy atom. The quantitative estimate of drug-likeness (QED) is 0.754. The topological polar surface area (TPSA) is 47.6 Å². The van der Waals surface area contributed by atoms with Crippen molar-refractivity contribution in [2.45, 2.75) is 45.4 Å². The molecule has 1 aliphatic rings. The van der Waals surface area contributed by atoms with Crippen LogP contribution in [0, 0.1) is 11.8 Å². The highest BCUT2D eigenvalue weighted by molar-refractivity contribution is 5.77. The summed E-state index contributed by atoms with van der Waals surface area (Å²) in [6.45, 7) is 5.10. The minimum absolute atomic E-state index is 0.150. The molecule has 0 bridgehead atoms. The Morgan fingerprint density at radius 2 is 1.91 bits per heavy atom. The maximum atomic E-state index is 12.3. The van der Waals surface area contributed by atoms with E-state index in [2.05, 4.69) is 25.2 Å². The van der Waals surface area contributed by atoms with Crippen molar-refractivity contribution in [1.82, 2.24) is 5.32 Å². The SMILES string of the molecule is COc1ccc(C(CC(=O)NCCC(C)C)C2CC2)cc1OC. The molecule has 128 valence electrons. The van der Waals surface area contributed by atoms with Gasteiger partial charge in [-0.05, 0) is 54.7 Å². The first kappa shape index (κ1) is 17.6. The lowest BCUT2D eigenvalue weighted by Gasteiger charge is -2.18. The molecule has 0 saturated heterocycles. The lowest BCUT2D eigenvalue weighted by Crippen LogP contribution is -2.27. The fraction of sp³-hybridized carbons (Fsp3) is 0.632. The van der Waals surface area contributed by atoms with Gasteiger partial charge in [0.1, 0.15) is 0 Å². The highest BCUT2D eigenvalue weighted by atomic mass is 16.5. The van der Waals surface area contributed by atoms with Crippen LogP contribution >= 0.6 is 0 Å². The minimum Gasteiger partial charge on any atom is -0.493 e. The van der Waals surface area contributed by atoms with Crippen LogP contribution in [-0.2, 0) is 4.79 Å². The molecule has 0 aliphatic heterocycles. The van der Waals surface area contributed by atoms with Crippen molar-refractivity contribution in [3.8, 4) is 11.5 Å². The zero-order chi connectivity index (χ0) is 16.8. The summed E-state index contributed by atoms with van der Waals surface area (Å²) in [7, 11) is 3.28. The summed E-state index contributed by atoms with van der Waals surface area (Å²) in [5.74, 6) is 3.11. The third-order valence-corrected chi connectivity index (χ3v) is 4.48. The van der Waals surface area contributed by atoms with Crippen LogP contribution < -0.4 is 14.8 Å². The molecule has 1 atom stereocenters. The Morgan fingerprint density at radius 3 is 2.48 bits per heavy atom. The number of amides is 1. The number of carbonyl (C=O) groups excluding carboxylic acids is 1. The van der Waals surface area contributed by atoms with Crippen molar-refractivity contribution in [1.29, 1.82) is 0 Å². The fourth-order valence-electron chi connectivity index (χ4n) is 2.91. The number of hydrogen-bond donors (Lipinski definition) is 1. The van der Waals surface area contributed by atoms with Gasteiger partial charge in [0.05, 0.1) is 14.2 Å². The van der Waals surface area contributed by atoms with Crippen LogP contribution in [0.3, 0.4) is 0 Å². The van der Waals surface area contributed by atoms with E-state index in [-0.39, 0.29) is 11.8 Å². The van der Waals surface area contributed by atoms with Crippen molar-refractivity contribution in [2.24, 2.45) is 11.8 Å². The lowest BCUT2D eigenvalue weighted by molar-refractivity contribution is -0.121. The van der Waals surface area contributed by atoms with Gasteiger partial charge in [-0.25, -0.2) is 0 Å². The summed E-state index contributed by atoms with van der Waals surface area (Å²) in [6.07, 6.45) is 3.99. The maximum absolute atomic E-state index is 12.3. The molecule has 1 aliphatic carbocycles. The van der Waals surface area contributed by atoms with Crippen molar-refractivity contribution < 1.29 is 14.3 Å². The predicted molar refractivity (Wildman–Crippen MR) is 92.1 cm³/mol. The average molecular weight is 319 g/mol. The Labute approximate surface area is 139 Å². The third kappa shape index (κ3) is 5.15. The van der Waals surface area contributed by atoms with E-state index in [1.165, 1.54) is 18.4 Å². The van der Waals surface area contributed by atoms with Crippen molar-refractivity contribution >= 4 is 5.91 Å². The Kier molecular flexibility index (Phi) is 6.31. The molecular weight excluding hydrogens is 290 g/mol. The highest BCUT2D eigenvalue weighted by Gasteiger charge is 2.34. The molecule has 1 aromatic carbocycles. The van der Waals surface area contributed by atoms with E-state index in [0.717, 1.165) is 24.5 Å². The maximum Gasteiger partial charge on any atom is 0.220 e. The van der Waals surface area contributed by atoms with E-state index in [4.69, 9.17) is 9.47 Å². The Balaban J connectivity index is 2.02. The normalized spacial score (nSPS) is 15.3. The fourth-order valence-corrected chi connectivity index (χ4v) is 2.91. The molecule has 1 fully saturated rings. The van der Waals surface area contributed by atoms with E-state index in [9.17, 15) is 4.79 Å². The molecule has 0 heterocycles. The first-order valence-corrected chi connectivity index (χ1v) is 8.53. The minimum atomic E-state index is 0.150. The van der Waals surface area contributed by atoms with Crippen LogP contribution in [0.5, 0.6) is 11.5 Å². The molecule has 0 aromatic heterocycles. The summed E-state index contributed by atoms with van der Waals surface area (Å²) < 4.78 is 10.7. The van der Waals surface area contributed by atoms with Crippen LogP contribution in [0.4, 0.5) is 0 Å². The first-order valence-electron chi connectivity index (χ1n) is 8.53. The smallest absolute Gasteiger partial charge is 0.220 e. The lowest BCUT2D eigenvalue weighted by atomic mass is 9.90. The first-order chi connectivity index (χ1) is 11.0. The van der Waals surface area contributed by atoms with Crippen LogP contribution in [0.2, 0.25) is 0 Å². The number of ether oxygens (including phenoxy) is 2. The summed E-state index contributed by atoms with van der Waals surface area (Å²) >= 11 is 0. The molecule has 23 heavy (non-hydrogen) atoms. The molecule has 1 aromatic rings. The van der Waals surface area contributed by atoms with E-state index < -0.39 is 0 Å². The molecule has 1 N–H and O–H groups in total. The summed E-state index contributed by atoms with van der Waals surface area (Å²) in [6, 6.07) is 6.01. The number of benzene rings is 1. The van der Waals surface area contributed by atoms with Gasteiger partial charge in [-0.1, -0.05) is 19.9 Å². The highest BCUT2D eigenvalue weighted by Crippen LogP contribution is 2.46. The number of rotatable bonds is 9. The van der Waals surface area contributed by atoms with Gasteiger partial charge in [0.25, 0.3) is 0 Å². The number of nitrogens with one attached hydrogen (secondary N) is 1. The number of hydrogen-bond acceptors (Lipinski definition) is 3. The second-order valence-electron chi connectivity index (χ2n) is 6.79. The predicted octanol–water partition coefficient (Wildman–Crippen LogP) is 3.75. The molecule has 4 heteroatoms. The molecule has 1 amide bonds. The molecule has 0 radical (unpaired) electrons. The van der Waals surface area contributed by atoms with Gasteiger partial charge < -0.3 is 14.8 Å². The molecule has 1 unspecified atom stereocenters. The van der Waals surface area contributed by atoms with Gasteiger partial charge in [0.15, 0.2) is 11.5 Å². The molecular formula is C19H29NO3. The van der Waals surface area contributed by atoms with Gasteiger partial charge in [-0.2, -0.15) is 0 Å². The Hall–Kier alpha value is -1.71. The standard InChI is InChI=1S/C19H29NO3/c1-13(2)9-10-20-19(21)12-16(14-5-6-14)15-7-8-17(22-3)18(11-15)23-4/h7-8,11,13-14,16H,5-6,9-10,12H2,1-4H3,(H,20,21). The van der Waals surface area contributed by atoms with E-state index >= 15 is 0 Å². The van der Waals surface area contributed by atoms with Crippen molar-refractivity contribution in [2.75, 3.05) is 20.8 Å². The second-order valence-corrected chi connectivity index (χ2v) is 6.79. The van der Waals surface area contributed by atoms with E-state index in [1.807, 2.05) is 12.1 Å². The van der Waals surface area contributed by atoms with Gasteiger partial charge >= 0.3 is 0 Å². The number of methoxy groups -OCH3 is 2. The van der Waals surface area contributed by atoms with E-state index in [0.29, 0.717) is 18.3 Å². The summed E-state index contributed by atoms with van der Waals surface area (Å²) in [4.78, 5) is 12.3. The second kappa shape index (κ2) is 8.23. The van der Waals surface area contributed by atoms with Gasteiger partial charge in [-0.3, -0.25) is 4.79 Å². The zero-order valence-electron chi connectivity index (χ0n) is 14.7. The van der Waals surface area contributed by atoms with Crippen LogP contribution in [0.1, 0.15) is 51.0 Å². The Bertz CT molecular complexity index is 523. The van der Waals surface area contributed by atoms with Gasteiger partial charge in [0, 0.05) is 13.0 Å². The van der Waals surface area contributed by atoms with Crippen LogP contribution in [-0.4, -0.2) is 26.7 Å². The van der Waals surface area contributed by atoms with Crippen LogP contribution in [0.15, 0.2) is 18.2 Å². The van der Waals surface area contributed by atoms with E-state index in [1.54, 1.807) is 14.2 Å². The number of carbonyl (C=O) groups is 1. The summed E-state index contributed by atoms with van der Waals surface area (Å²) in [5, 5.41) is 3.05. The van der Waals surface area contributed by atoms with Crippen LogP contribution in [0.25, 0.3) is 0 Å².